The number of hydrogen-bond acceptors (Lipinski definition) is 1. The monoisotopic (exact) mass is 107 g/mol. The van der Waals surface area contributed by atoms with E-state index in [0.717, 1.165) is 0 Å². The van der Waals surface area contributed by atoms with E-state index in [9.17, 15) is 0 Å². The molecule has 0 saturated heterocycles. The largest absolute Gasteiger partial charge is 0.323 e. The molecule has 1 saturated carbocycles. The van der Waals surface area contributed by atoms with Gasteiger partial charge in [-0.3, -0.25) is 0 Å². The predicted octanol–water partition coefficient (Wildman–Crippen LogP) is 0.819. The molecule has 0 aromatic heterocycles. The first-order valence-corrected chi connectivity index (χ1v) is 3.09. The van der Waals surface area contributed by atoms with Gasteiger partial charge in [0.1, 0.15) is 0 Å². The summed E-state index contributed by atoms with van der Waals surface area (Å²) in [6.07, 6.45) is 4.58. The lowest BCUT2D eigenvalue weighted by molar-refractivity contribution is 0.623. The zero-order chi connectivity index (χ0) is 5.56. The summed E-state index contributed by atoms with van der Waals surface area (Å²) in [4.78, 5) is 0. The van der Waals surface area contributed by atoms with E-state index >= 15 is 0 Å². The van der Waals surface area contributed by atoms with Crippen LogP contribution in [0.3, 0.4) is 0 Å². The van der Waals surface area contributed by atoms with Crippen LogP contribution in [0.2, 0.25) is 0 Å². The Balaban J connectivity index is 2.42. The zero-order valence-electron chi connectivity index (χ0n) is 4.72. The van der Waals surface area contributed by atoms with Crippen LogP contribution in [0.1, 0.15) is 12.8 Å². The lowest BCUT2D eigenvalue weighted by Crippen LogP contribution is -2.21. The molecule has 1 heteroatoms. The summed E-state index contributed by atoms with van der Waals surface area (Å²) in [6, 6.07) is 0.343. The van der Waals surface area contributed by atoms with Crippen LogP contribution >= 0.6 is 0 Å². The summed E-state index contributed by atoms with van der Waals surface area (Å²) in [5.74, 6) is 0.644. The van der Waals surface area contributed by atoms with Crippen LogP contribution < -0.4 is 5.73 Å². The minimum absolute atomic E-state index is 0.343. The van der Waals surface area contributed by atoms with Crippen molar-refractivity contribution in [2.24, 2.45) is 11.7 Å². The molecule has 2 rings (SSSR count). The Morgan fingerprint density at radius 1 is 1.75 bits per heavy atom. The van der Waals surface area contributed by atoms with E-state index in [1.807, 2.05) is 0 Å². The molecule has 0 radical (unpaired) electrons. The van der Waals surface area contributed by atoms with E-state index in [0.29, 0.717) is 12.0 Å². The Bertz CT molecular complexity index is 175. The first-order valence-electron chi connectivity index (χ1n) is 3.09. The van der Waals surface area contributed by atoms with Gasteiger partial charge in [-0.25, -0.2) is 0 Å². The smallest absolute Gasteiger partial charge is 0.0399 e. The first-order chi connectivity index (χ1) is 3.88. The van der Waals surface area contributed by atoms with Gasteiger partial charge in [-0.05, 0) is 24.5 Å². The molecule has 0 heterocycles. The van der Waals surface area contributed by atoms with Gasteiger partial charge in [-0.15, -0.1) is 5.73 Å². The third kappa shape index (κ3) is 0.360. The fourth-order valence-electron chi connectivity index (χ4n) is 1.50. The lowest BCUT2D eigenvalue weighted by atomic mass is 10.1. The zero-order valence-corrected chi connectivity index (χ0v) is 4.72. The van der Waals surface area contributed by atoms with Crippen molar-refractivity contribution in [2.45, 2.75) is 18.9 Å². The number of hydrogen-bond donors (Lipinski definition) is 1. The van der Waals surface area contributed by atoms with E-state index < -0.39 is 0 Å². The van der Waals surface area contributed by atoms with Gasteiger partial charge >= 0.3 is 0 Å². The molecule has 2 aliphatic rings. The minimum atomic E-state index is 0.343. The summed E-state index contributed by atoms with van der Waals surface area (Å²) in [5.41, 5.74) is 10.3. The molecule has 0 aliphatic heterocycles. The van der Waals surface area contributed by atoms with Crippen LogP contribution in [0, 0.1) is 5.92 Å². The maximum absolute atomic E-state index is 5.75. The van der Waals surface area contributed by atoms with Gasteiger partial charge in [0.25, 0.3) is 0 Å². The van der Waals surface area contributed by atoms with Crippen LogP contribution in [-0.4, -0.2) is 6.04 Å². The van der Waals surface area contributed by atoms with Crippen LogP contribution in [0.4, 0.5) is 0 Å². The van der Waals surface area contributed by atoms with Crippen molar-refractivity contribution in [1.82, 2.24) is 0 Å². The molecule has 2 N–H and O–H groups in total. The van der Waals surface area contributed by atoms with Crippen molar-refractivity contribution >= 4 is 0 Å². The van der Waals surface area contributed by atoms with E-state index in [1.54, 1.807) is 0 Å². The topological polar surface area (TPSA) is 26.0 Å². The Labute approximate surface area is 48.9 Å². The minimum Gasteiger partial charge on any atom is -0.323 e. The molecule has 2 aliphatic carbocycles. The number of fused-ring (bicyclic) bond motifs is 2. The molecule has 2 unspecified atom stereocenters. The number of nitrogens with two attached hydrogens (primary N) is 1. The summed E-state index contributed by atoms with van der Waals surface area (Å²) in [5, 5.41) is 0. The molecule has 0 amide bonds. The van der Waals surface area contributed by atoms with Crippen LogP contribution in [0.15, 0.2) is 17.4 Å². The van der Waals surface area contributed by atoms with Crippen molar-refractivity contribution in [3.63, 3.8) is 0 Å². The third-order valence-corrected chi connectivity index (χ3v) is 2.09. The fourth-order valence-corrected chi connectivity index (χ4v) is 1.50. The Kier molecular flexibility index (Phi) is 0.682. The van der Waals surface area contributed by atoms with E-state index in [4.69, 9.17) is 5.73 Å². The molecule has 0 spiro atoms. The van der Waals surface area contributed by atoms with Crippen molar-refractivity contribution in [3.8, 4) is 0 Å². The molecule has 1 nitrogen and oxygen atoms in total. The summed E-state index contributed by atoms with van der Waals surface area (Å²) < 4.78 is 0. The van der Waals surface area contributed by atoms with Gasteiger partial charge in [0.05, 0.1) is 0 Å². The van der Waals surface area contributed by atoms with Gasteiger partial charge in [0, 0.05) is 12.0 Å². The first kappa shape index (κ1) is 4.37. The normalized spacial score (nSPS) is 40.9. The highest BCUT2D eigenvalue weighted by atomic mass is 14.7. The second-order valence-electron chi connectivity index (χ2n) is 2.56. The van der Waals surface area contributed by atoms with Gasteiger partial charge in [-0.1, -0.05) is 0 Å². The average molecular weight is 107 g/mol. The Morgan fingerprint density at radius 3 is 2.75 bits per heavy atom. The number of rotatable bonds is 0. The Hall–Kier alpha value is -0.520. The van der Waals surface area contributed by atoms with E-state index in [2.05, 4.69) is 11.8 Å². The Morgan fingerprint density at radius 2 is 2.62 bits per heavy atom. The predicted molar refractivity (Wildman–Crippen MR) is 32.3 cm³/mol. The molecule has 0 aromatic rings. The van der Waals surface area contributed by atoms with Crippen molar-refractivity contribution in [2.75, 3.05) is 0 Å². The maximum atomic E-state index is 5.75. The standard InChI is InChI=1S/C7H9N/c8-7-5-1-2-6(7)4-3-5/h1,5,7H,3-4,8H2. The summed E-state index contributed by atoms with van der Waals surface area (Å²) in [7, 11) is 0. The highest BCUT2D eigenvalue weighted by molar-refractivity contribution is 5.26. The van der Waals surface area contributed by atoms with Gasteiger partial charge < -0.3 is 5.73 Å². The second-order valence-corrected chi connectivity index (χ2v) is 2.56. The molecule has 0 aromatic carbocycles. The quantitative estimate of drug-likeness (QED) is 0.456. The average Bonchev–Trinajstić information content (AvgIpc) is 2.29. The fraction of sp³-hybridized carbons (Fsp3) is 0.571. The van der Waals surface area contributed by atoms with E-state index in [-0.39, 0.29) is 0 Å². The van der Waals surface area contributed by atoms with Crippen LogP contribution in [0.25, 0.3) is 0 Å². The van der Waals surface area contributed by atoms with Gasteiger partial charge in [-0.2, -0.15) is 0 Å². The van der Waals surface area contributed by atoms with Crippen molar-refractivity contribution < 1.29 is 0 Å². The molecule has 2 bridgehead atoms. The van der Waals surface area contributed by atoms with Gasteiger partial charge in [0.15, 0.2) is 0 Å². The molecule has 1 fully saturated rings. The molecule has 42 valence electrons. The summed E-state index contributed by atoms with van der Waals surface area (Å²) >= 11 is 0. The van der Waals surface area contributed by atoms with Crippen molar-refractivity contribution in [1.29, 1.82) is 0 Å². The molecule has 8 heavy (non-hydrogen) atoms. The lowest BCUT2D eigenvalue weighted by Gasteiger charge is -2.02. The second kappa shape index (κ2) is 1.25. The molecular formula is C7H9N. The highest BCUT2D eigenvalue weighted by Gasteiger charge is 2.29. The third-order valence-electron chi connectivity index (χ3n) is 2.09. The molecular weight excluding hydrogens is 98.1 g/mol. The summed E-state index contributed by atoms with van der Waals surface area (Å²) in [6.45, 7) is 0. The van der Waals surface area contributed by atoms with Crippen LogP contribution in [0.5, 0.6) is 0 Å². The van der Waals surface area contributed by atoms with Gasteiger partial charge in [0.2, 0.25) is 0 Å². The molecule has 2 atom stereocenters. The SMILES string of the molecule is NC1C2=C=CC1CC2. The van der Waals surface area contributed by atoms with Crippen molar-refractivity contribution in [3.05, 3.63) is 17.4 Å². The van der Waals surface area contributed by atoms with Crippen LogP contribution in [-0.2, 0) is 0 Å². The highest BCUT2D eigenvalue weighted by Crippen LogP contribution is 2.33. The van der Waals surface area contributed by atoms with E-state index in [1.165, 1.54) is 18.4 Å². The maximum Gasteiger partial charge on any atom is 0.0399 e.